The Morgan fingerprint density at radius 3 is 2.84 bits per heavy atom. The molecule has 2 N–H and O–H groups in total. The Labute approximate surface area is 121 Å². The first-order chi connectivity index (χ1) is 8.90. The van der Waals surface area contributed by atoms with E-state index in [-0.39, 0.29) is 17.5 Å². The highest BCUT2D eigenvalue weighted by atomic mass is 35.5. The minimum absolute atomic E-state index is 0.0493. The molecule has 0 fully saturated rings. The second-order valence-corrected chi connectivity index (χ2v) is 4.83. The van der Waals surface area contributed by atoms with E-state index in [1.165, 1.54) is 23.1 Å². The van der Waals surface area contributed by atoms with Gasteiger partial charge in [-0.05, 0) is 12.1 Å². The fraction of sp³-hybridized carbons (Fsp3) is 0.333. The number of benzene rings is 1. The van der Waals surface area contributed by atoms with E-state index in [9.17, 15) is 9.18 Å². The molecule has 0 aromatic heterocycles. The largest absolute Gasteiger partial charge is 0.484 e. The van der Waals surface area contributed by atoms with Gasteiger partial charge in [0, 0.05) is 26.1 Å². The standard InChI is InChI=1S/C12H14ClFN2O2S/c1-16(5-4-11(15)19)12(17)7-18-8-2-3-10(14)9(13)6-8/h2-3,6H,4-5,7H2,1H3,(H2,15,19). The Balaban J connectivity index is 2.44. The predicted molar refractivity (Wildman–Crippen MR) is 75.9 cm³/mol. The maximum Gasteiger partial charge on any atom is 0.260 e. The van der Waals surface area contributed by atoms with Gasteiger partial charge in [0.25, 0.3) is 5.91 Å². The van der Waals surface area contributed by atoms with Crippen LogP contribution in [0.25, 0.3) is 0 Å². The summed E-state index contributed by atoms with van der Waals surface area (Å²) < 4.78 is 18.1. The van der Waals surface area contributed by atoms with Crippen molar-refractivity contribution in [2.75, 3.05) is 20.2 Å². The highest BCUT2D eigenvalue weighted by molar-refractivity contribution is 7.80. The van der Waals surface area contributed by atoms with Gasteiger partial charge in [-0.15, -0.1) is 0 Å². The van der Waals surface area contributed by atoms with Crippen molar-refractivity contribution < 1.29 is 13.9 Å². The third-order valence-electron chi connectivity index (χ3n) is 2.37. The van der Waals surface area contributed by atoms with Crippen LogP contribution in [-0.2, 0) is 4.79 Å². The molecule has 0 aliphatic heterocycles. The normalized spacial score (nSPS) is 10.1. The van der Waals surface area contributed by atoms with E-state index in [0.29, 0.717) is 23.7 Å². The van der Waals surface area contributed by atoms with E-state index in [0.717, 1.165) is 0 Å². The zero-order valence-corrected chi connectivity index (χ0v) is 11.9. The second-order valence-electron chi connectivity index (χ2n) is 3.90. The van der Waals surface area contributed by atoms with Gasteiger partial charge in [-0.3, -0.25) is 4.79 Å². The second kappa shape index (κ2) is 7.25. The van der Waals surface area contributed by atoms with Crippen LogP contribution in [-0.4, -0.2) is 36.0 Å². The number of hydrogen-bond donors (Lipinski definition) is 1. The fourth-order valence-electron chi connectivity index (χ4n) is 1.22. The van der Waals surface area contributed by atoms with E-state index in [4.69, 9.17) is 34.3 Å². The average Bonchev–Trinajstić information content (AvgIpc) is 2.36. The number of rotatable bonds is 6. The van der Waals surface area contributed by atoms with E-state index < -0.39 is 5.82 Å². The summed E-state index contributed by atoms with van der Waals surface area (Å²) in [5.74, 6) is -0.423. The molecule has 0 aliphatic rings. The number of nitrogens with two attached hydrogens (primary N) is 1. The molecule has 1 amide bonds. The maximum atomic E-state index is 12.9. The molecule has 0 saturated carbocycles. The Bertz CT molecular complexity index is 485. The van der Waals surface area contributed by atoms with Gasteiger partial charge < -0.3 is 15.4 Å². The third-order valence-corrected chi connectivity index (χ3v) is 2.87. The molecule has 1 rings (SSSR count). The molecule has 0 bridgehead atoms. The molecule has 1 aromatic carbocycles. The molecule has 0 aliphatic carbocycles. The molecule has 4 nitrogen and oxygen atoms in total. The Morgan fingerprint density at radius 1 is 1.58 bits per heavy atom. The lowest BCUT2D eigenvalue weighted by Gasteiger charge is -2.17. The van der Waals surface area contributed by atoms with Crippen molar-refractivity contribution in [1.82, 2.24) is 4.90 Å². The fourth-order valence-corrected chi connectivity index (χ4v) is 1.49. The number of carbonyl (C=O) groups excluding carboxylic acids is 1. The van der Waals surface area contributed by atoms with Crippen LogP contribution in [0.3, 0.4) is 0 Å². The molecule has 1 aromatic rings. The summed E-state index contributed by atoms with van der Waals surface area (Å²) in [6.07, 6.45) is 0.458. The lowest BCUT2D eigenvalue weighted by molar-refractivity contribution is -0.131. The molecule has 104 valence electrons. The van der Waals surface area contributed by atoms with Gasteiger partial charge in [-0.1, -0.05) is 23.8 Å². The number of thiocarbonyl (C=S) groups is 1. The van der Waals surface area contributed by atoms with E-state index >= 15 is 0 Å². The quantitative estimate of drug-likeness (QED) is 0.817. The number of ether oxygens (including phenoxy) is 1. The lowest BCUT2D eigenvalue weighted by Crippen LogP contribution is -2.33. The van der Waals surface area contributed by atoms with E-state index in [1.54, 1.807) is 7.05 Å². The van der Waals surface area contributed by atoms with E-state index in [2.05, 4.69) is 0 Å². The number of likely N-dealkylation sites (N-methyl/N-ethyl adjacent to an activating group) is 1. The van der Waals surface area contributed by atoms with Crippen LogP contribution in [0.2, 0.25) is 5.02 Å². The summed E-state index contributed by atoms with van der Waals surface area (Å²) in [4.78, 5) is 13.5. The summed E-state index contributed by atoms with van der Waals surface area (Å²) in [6, 6.07) is 3.90. The zero-order valence-electron chi connectivity index (χ0n) is 10.4. The third kappa shape index (κ3) is 5.40. The molecule has 0 unspecified atom stereocenters. The molecule has 0 saturated heterocycles. The molecule has 0 radical (unpaired) electrons. The maximum absolute atomic E-state index is 12.9. The minimum atomic E-state index is -0.533. The topological polar surface area (TPSA) is 55.6 Å². The molecule has 0 spiro atoms. The van der Waals surface area contributed by atoms with Crippen molar-refractivity contribution in [3.8, 4) is 5.75 Å². The number of amides is 1. The Kier molecular flexibility index (Phi) is 5.98. The van der Waals surface area contributed by atoms with Gasteiger partial charge in [-0.2, -0.15) is 0 Å². The number of carbonyl (C=O) groups is 1. The van der Waals surface area contributed by atoms with Gasteiger partial charge >= 0.3 is 0 Å². The van der Waals surface area contributed by atoms with Gasteiger partial charge in [-0.25, -0.2) is 4.39 Å². The first-order valence-corrected chi connectivity index (χ1v) is 6.29. The lowest BCUT2D eigenvalue weighted by atomic mass is 10.3. The Morgan fingerprint density at radius 2 is 2.26 bits per heavy atom. The molecular weight excluding hydrogens is 291 g/mol. The van der Waals surface area contributed by atoms with Crippen LogP contribution < -0.4 is 10.5 Å². The van der Waals surface area contributed by atoms with Crippen molar-refractivity contribution in [3.05, 3.63) is 29.0 Å². The molecule has 0 atom stereocenters. The molecular formula is C12H14ClFN2O2S. The highest BCUT2D eigenvalue weighted by Gasteiger charge is 2.10. The summed E-state index contributed by atoms with van der Waals surface area (Å²) in [7, 11) is 1.63. The molecule has 19 heavy (non-hydrogen) atoms. The number of nitrogens with zero attached hydrogens (tertiary/aromatic N) is 1. The SMILES string of the molecule is CN(CCC(N)=S)C(=O)COc1ccc(F)c(Cl)c1. The monoisotopic (exact) mass is 304 g/mol. The van der Waals surface area contributed by atoms with Gasteiger partial charge in [0.1, 0.15) is 11.6 Å². The van der Waals surface area contributed by atoms with Gasteiger partial charge in [0.15, 0.2) is 6.61 Å². The minimum Gasteiger partial charge on any atom is -0.484 e. The first-order valence-electron chi connectivity index (χ1n) is 5.50. The van der Waals surface area contributed by atoms with Crippen LogP contribution >= 0.6 is 23.8 Å². The van der Waals surface area contributed by atoms with Gasteiger partial charge in [0.2, 0.25) is 0 Å². The first kappa shape index (κ1) is 15.7. The van der Waals surface area contributed by atoms with Crippen molar-refractivity contribution in [2.24, 2.45) is 5.73 Å². The van der Waals surface area contributed by atoms with Crippen LogP contribution in [0.5, 0.6) is 5.75 Å². The number of halogens is 2. The molecule has 7 heteroatoms. The summed E-state index contributed by atoms with van der Waals surface area (Å²) in [6.45, 7) is 0.275. The summed E-state index contributed by atoms with van der Waals surface area (Å²) >= 11 is 10.3. The smallest absolute Gasteiger partial charge is 0.260 e. The van der Waals surface area contributed by atoms with Crippen molar-refractivity contribution in [1.29, 1.82) is 0 Å². The van der Waals surface area contributed by atoms with Crippen molar-refractivity contribution in [2.45, 2.75) is 6.42 Å². The summed E-state index contributed by atoms with van der Waals surface area (Å²) in [5.41, 5.74) is 5.35. The van der Waals surface area contributed by atoms with Crippen molar-refractivity contribution >= 4 is 34.7 Å². The zero-order chi connectivity index (χ0) is 14.4. The van der Waals surface area contributed by atoms with Crippen LogP contribution in [0.15, 0.2) is 18.2 Å². The van der Waals surface area contributed by atoms with Crippen molar-refractivity contribution in [3.63, 3.8) is 0 Å². The summed E-state index contributed by atoms with van der Waals surface area (Å²) in [5, 5.41) is -0.0493. The van der Waals surface area contributed by atoms with Crippen LogP contribution in [0.1, 0.15) is 6.42 Å². The van der Waals surface area contributed by atoms with E-state index in [1.807, 2.05) is 0 Å². The number of hydrogen-bond acceptors (Lipinski definition) is 3. The Hall–Kier alpha value is -1.40. The highest BCUT2D eigenvalue weighted by Crippen LogP contribution is 2.20. The molecule has 0 heterocycles. The predicted octanol–water partition coefficient (Wildman–Crippen LogP) is 1.99. The van der Waals surface area contributed by atoms with Crippen LogP contribution in [0, 0.1) is 5.82 Å². The van der Waals surface area contributed by atoms with Crippen LogP contribution in [0.4, 0.5) is 4.39 Å². The van der Waals surface area contributed by atoms with Gasteiger partial charge in [0.05, 0.1) is 10.0 Å². The average molecular weight is 305 g/mol.